The van der Waals surface area contributed by atoms with Crippen molar-refractivity contribution in [2.24, 2.45) is 0 Å². The van der Waals surface area contributed by atoms with Gasteiger partial charge in [-0.3, -0.25) is 9.78 Å². The van der Waals surface area contributed by atoms with Gasteiger partial charge in [0.05, 0.1) is 23.3 Å². The van der Waals surface area contributed by atoms with E-state index in [1.165, 1.54) is 11.8 Å². The molecule has 222 valence electrons. The highest BCUT2D eigenvalue weighted by Gasteiger charge is 2.19. The zero-order valence-electron chi connectivity index (χ0n) is 24.1. The number of hydrogen-bond acceptors (Lipinski definition) is 7. The SMILES string of the molecule is CC(C)n1cc(-c2cnc(-c3ccccc3)c(-c3ccccc3)n2)cc1CCCCOCC(=O)NS(=O)(=O)c1cccs1. The number of unbranched alkanes of at least 4 members (excludes halogenated alkanes) is 1. The van der Waals surface area contributed by atoms with Gasteiger partial charge in [0.2, 0.25) is 0 Å². The molecule has 0 aliphatic heterocycles. The van der Waals surface area contributed by atoms with Crippen molar-refractivity contribution in [3.8, 4) is 33.8 Å². The zero-order valence-corrected chi connectivity index (χ0v) is 25.8. The van der Waals surface area contributed by atoms with Crippen LogP contribution in [0.2, 0.25) is 0 Å². The molecule has 0 aliphatic carbocycles. The number of nitrogens with zero attached hydrogens (tertiary/aromatic N) is 3. The molecule has 0 unspecified atom stereocenters. The second-order valence-corrected chi connectivity index (χ2v) is 13.2. The summed E-state index contributed by atoms with van der Waals surface area (Å²) in [5.74, 6) is -0.680. The summed E-state index contributed by atoms with van der Waals surface area (Å²) in [6.07, 6.45) is 6.37. The van der Waals surface area contributed by atoms with Crippen molar-refractivity contribution in [3.63, 3.8) is 0 Å². The minimum Gasteiger partial charge on any atom is -0.372 e. The molecule has 3 heterocycles. The number of sulfonamides is 1. The number of carbonyl (C=O) groups is 1. The fourth-order valence-corrected chi connectivity index (χ4v) is 6.76. The van der Waals surface area contributed by atoms with Gasteiger partial charge >= 0.3 is 0 Å². The lowest BCUT2D eigenvalue weighted by Gasteiger charge is -2.13. The molecule has 10 heteroatoms. The van der Waals surface area contributed by atoms with Crippen molar-refractivity contribution < 1.29 is 17.9 Å². The Morgan fingerprint density at radius 3 is 2.28 bits per heavy atom. The van der Waals surface area contributed by atoms with Crippen molar-refractivity contribution in [1.29, 1.82) is 0 Å². The summed E-state index contributed by atoms with van der Waals surface area (Å²) in [5.41, 5.74) is 6.71. The summed E-state index contributed by atoms with van der Waals surface area (Å²) >= 11 is 1.05. The number of amides is 1. The summed E-state index contributed by atoms with van der Waals surface area (Å²) in [6.45, 7) is 4.35. The molecule has 0 bridgehead atoms. The Morgan fingerprint density at radius 1 is 0.930 bits per heavy atom. The molecule has 0 spiro atoms. The maximum Gasteiger partial charge on any atom is 0.273 e. The van der Waals surface area contributed by atoms with Gasteiger partial charge in [-0.05, 0) is 50.6 Å². The van der Waals surface area contributed by atoms with Gasteiger partial charge in [0.15, 0.2) is 0 Å². The normalized spacial score (nSPS) is 11.6. The largest absolute Gasteiger partial charge is 0.372 e. The van der Waals surface area contributed by atoms with E-state index < -0.39 is 15.9 Å². The zero-order chi connectivity index (χ0) is 30.2. The number of ether oxygens (including phenoxy) is 1. The first kappa shape index (κ1) is 30.3. The third-order valence-corrected chi connectivity index (χ3v) is 9.63. The van der Waals surface area contributed by atoms with Crippen molar-refractivity contribution in [1.82, 2.24) is 19.3 Å². The Bertz CT molecular complexity index is 1750. The average Bonchev–Trinajstić information content (AvgIpc) is 3.71. The second-order valence-electron chi connectivity index (χ2n) is 10.4. The fourth-order valence-electron chi connectivity index (χ4n) is 4.80. The summed E-state index contributed by atoms with van der Waals surface area (Å²) in [4.78, 5) is 22.0. The molecular weight excluding hydrogens is 581 g/mol. The summed E-state index contributed by atoms with van der Waals surface area (Å²) in [7, 11) is -3.84. The van der Waals surface area contributed by atoms with Crippen LogP contribution in [-0.2, 0) is 26.0 Å². The first-order valence-electron chi connectivity index (χ1n) is 14.2. The number of aromatic nitrogens is 3. The van der Waals surface area contributed by atoms with Crippen molar-refractivity contribution >= 4 is 27.3 Å². The predicted molar refractivity (Wildman–Crippen MR) is 170 cm³/mol. The van der Waals surface area contributed by atoms with E-state index in [0.29, 0.717) is 6.61 Å². The van der Waals surface area contributed by atoms with E-state index in [9.17, 15) is 13.2 Å². The minimum absolute atomic E-state index is 0.0998. The number of benzene rings is 2. The van der Waals surface area contributed by atoms with Crippen LogP contribution < -0.4 is 4.72 Å². The molecule has 3 aromatic heterocycles. The molecule has 8 nitrogen and oxygen atoms in total. The standard InChI is InChI=1S/C33H34N4O4S2/c1-24(2)37-22-27(20-28(37)16-9-10-18-41-23-30(38)36-43(39,40)31-17-11-19-42-31)29-21-34-32(25-12-5-3-6-13-25)33(35-29)26-14-7-4-8-15-26/h3-8,11-15,17,19-22,24H,9-10,16,18,23H2,1-2H3,(H,36,38). The number of nitrogens with one attached hydrogen (secondary N) is 1. The highest BCUT2D eigenvalue weighted by atomic mass is 32.2. The molecule has 0 saturated heterocycles. The van der Waals surface area contributed by atoms with Crippen LogP contribution in [0.4, 0.5) is 0 Å². The van der Waals surface area contributed by atoms with Gasteiger partial charge in [0, 0.05) is 41.2 Å². The molecule has 2 aromatic carbocycles. The molecule has 5 aromatic rings. The van der Waals surface area contributed by atoms with Crippen LogP contribution in [0.3, 0.4) is 0 Å². The maximum atomic E-state index is 12.2. The predicted octanol–water partition coefficient (Wildman–Crippen LogP) is 6.77. The Hall–Kier alpha value is -4.12. The maximum absolute atomic E-state index is 12.2. The van der Waals surface area contributed by atoms with E-state index in [0.717, 1.165) is 64.4 Å². The molecule has 0 aliphatic rings. The van der Waals surface area contributed by atoms with E-state index in [1.54, 1.807) is 11.4 Å². The quantitative estimate of drug-likeness (QED) is 0.147. The van der Waals surface area contributed by atoms with Crippen LogP contribution in [0, 0.1) is 0 Å². The Labute approximate surface area is 256 Å². The smallest absolute Gasteiger partial charge is 0.273 e. The lowest BCUT2D eigenvalue weighted by molar-refractivity contribution is -0.123. The topological polar surface area (TPSA) is 103 Å². The molecular formula is C33H34N4O4S2. The molecule has 5 rings (SSSR count). The van der Waals surface area contributed by atoms with Gasteiger partial charge in [0.25, 0.3) is 15.9 Å². The summed E-state index contributed by atoms with van der Waals surface area (Å²) < 4.78 is 34.2. The molecule has 0 fully saturated rings. The lowest BCUT2D eigenvalue weighted by atomic mass is 10.0. The molecule has 43 heavy (non-hydrogen) atoms. The van der Waals surface area contributed by atoms with Gasteiger partial charge in [-0.1, -0.05) is 66.7 Å². The third kappa shape index (κ3) is 7.64. The third-order valence-electron chi connectivity index (χ3n) is 6.86. The minimum atomic E-state index is -3.84. The first-order valence-corrected chi connectivity index (χ1v) is 16.5. The van der Waals surface area contributed by atoms with Crippen LogP contribution in [-0.4, -0.2) is 42.1 Å². The monoisotopic (exact) mass is 614 g/mol. The van der Waals surface area contributed by atoms with Crippen LogP contribution in [0.25, 0.3) is 33.8 Å². The van der Waals surface area contributed by atoms with Crippen molar-refractivity contribution in [3.05, 3.63) is 102 Å². The first-order chi connectivity index (χ1) is 20.8. The van der Waals surface area contributed by atoms with Crippen LogP contribution >= 0.6 is 11.3 Å². The highest BCUT2D eigenvalue weighted by Crippen LogP contribution is 2.32. The Balaban J connectivity index is 1.23. The highest BCUT2D eigenvalue weighted by molar-refractivity contribution is 7.92. The Kier molecular flexibility index (Phi) is 9.81. The van der Waals surface area contributed by atoms with Crippen LogP contribution in [0.15, 0.2) is 101 Å². The van der Waals surface area contributed by atoms with Crippen LogP contribution in [0.1, 0.15) is 38.4 Å². The Morgan fingerprint density at radius 2 is 1.63 bits per heavy atom. The van der Waals surface area contributed by atoms with Crippen LogP contribution in [0.5, 0.6) is 0 Å². The van der Waals surface area contributed by atoms with Gasteiger partial charge < -0.3 is 9.30 Å². The van der Waals surface area contributed by atoms with Crippen molar-refractivity contribution in [2.45, 2.75) is 43.4 Å². The second kappa shape index (κ2) is 13.9. The molecule has 1 amide bonds. The number of thiophene rings is 1. The van der Waals surface area contributed by atoms with E-state index in [1.807, 2.05) is 59.4 Å². The van der Waals surface area contributed by atoms with Gasteiger partial charge in [-0.2, -0.15) is 0 Å². The number of aryl methyl sites for hydroxylation is 1. The summed E-state index contributed by atoms with van der Waals surface area (Å²) in [6, 6.07) is 25.7. The van der Waals surface area contributed by atoms with E-state index in [-0.39, 0.29) is 16.9 Å². The van der Waals surface area contributed by atoms with Gasteiger partial charge in [-0.15, -0.1) is 11.3 Å². The number of hydrogen-bond donors (Lipinski definition) is 1. The average molecular weight is 615 g/mol. The van der Waals surface area contributed by atoms with E-state index in [2.05, 4.69) is 42.8 Å². The number of carbonyl (C=O) groups excluding carboxylic acids is 1. The van der Waals surface area contributed by atoms with E-state index >= 15 is 0 Å². The van der Waals surface area contributed by atoms with Crippen molar-refractivity contribution in [2.75, 3.05) is 13.2 Å². The molecule has 1 N–H and O–H groups in total. The molecule has 0 saturated carbocycles. The summed E-state index contributed by atoms with van der Waals surface area (Å²) in [5, 5.41) is 1.64. The molecule has 0 radical (unpaired) electrons. The van der Waals surface area contributed by atoms with Gasteiger partial charge in [-0.25, -0.2) is 18.1 Å². The number of rotatable bonds is 13. The lowest BCUT2D eigenvalue weighted by Crippen LogP contribution is -2.33. The molecule has 0 atom stereocenters. The fraction of sp³-hybridized carbons (Fsp3) is 0.242. The van der Waals surface area contributed by atoms with Gasteiger partial charge in [0.1, 0.15) is 10.8 Å². The van der Waals surface area contributed by atoms with E-state index in [4.69, 9.17) is 14.7 Å².